The van der Waals surface area contributed by atoms with Gasteiger partial charge in [-0.1, -0.05) is 32.9 Å². The Hall–Kier alpha value is -0.0900. The van der Waals surface area contributed by atoms with Gasteiger partial charge in [-0.3, -0.25) is 0 Å². The first-order valence-electron chi connectivity index (χ1n) is 7.66. The number of rotatable bonds is 6. The van der Waals surface area contributed by atoms with Crippen LogP contribution in [0.4, 0.5) is 0 Å². The van der Waals surface area contributed by atoms with E-state index in [0.29, 0.717) is 11.5 Å². The number of nitrogens with one attached hydrogen (secondary N) is 1. The maximum atomic E-state index is 3.77. The van der Waals surface area contributed by atoms with Gasteiger partial charge in [0, 0.05) is 9.61 Å². The predicted octanol–water partition coefficient (Wildman–Crippen LogP) is 4.95. The fraction of sp³-hybridized carbons (Fsp3) is 0.647. The zero-order valence-corrected chi connectivity index (χ0v) is 14.5. The van der Waals surface area contributed by atoms with Gasteiger partial charge in [-0.25, -0.2) is 0 Å². The summed E-state index contributed by atoms with van der Waals surface area (Å²) in [5.74, 6) is 0.744. The van der Waals surface area contributed by atoms with Crippen molar-refractivity contribution in [3.05, 3.63) is 33.4 Å². The third kappa shape index (κ3) is 2.85. The first-order chi connectivity index (χ1) is 9.17. The van der Waals surface area contributed by atoms with Crippen molar-refractivity contribution in [2.45, 2.75) is 58.4 Å². The Morgan fingerprint density at radius 2 is 1.79 bits per heavy atom. The Morgan fingerprint density at radius 1 is 1.16 bits per heavy atom. The van der Waals surface area contributed by atoms with Crippen molar-refractivity contribution in [3.63, 3.8) is 0 Å². The van der Waals surface area contributed by atoms with Crippen LogP contribution in [-0.4, -0.2) is 12.6 Å². The molecule has 106 valence electrons. The molecule has 1 fully saturated rings. The Morgan fingerprint density at radius 3 is 2.32 bits per heavy atom. The second kappa shape index (κ2) is 6.57. The molecule has 1 aromatic carbocycles. The lowest BCUT2D eigenvalue weighted by Crippen LogP contribution is -2.58. The predicted molar refractivity (Wildman–Crippen MR) is 91.6 cm³/mol. The van der Waals surface area contributed by atoms with Crippen LogP contribution in [0.15, 0.2) is 24.3 Å². The van der Waals surface area contributed by atoms with Crippen molar-refractivity contribution < 1.29 is 0 Å². The van der Waals surface area contributed by atoms with Crippen LogP contribution in [0.25, 0.3) is 0 Å². The number of benzene rings is 1. The molecule has 2 heteroatoms. The fourth-order valence-corrected chi connectivity index (χ4v) is 4.15. The van der Waals surface area contributed by atoms with Crippen LogP contribution in [0.2, 0.25) is 0 Å². The first-order valence-corrected chi connectivity index (χ1v) is 8.74. The monoisotopic (exact) mass is 371 g/mol. The molecule has 0 amide bonds. The molecule has 1 aliphatic carbocycles. The SMILES string of the molecule is CCCNC1CC(c2ccc(I)cc2)C1(CC)CC. The fourth-order valence-electron chi connectivity index (χ4n) is 3.79. The minimum Gasteiger partial charge on any atom is -0.313 e. The Bertz CT molecular complexity index is 394. The van der Waals surface area contributed by atoms with E-state index in [0.717, 1.165) is 12.5 Å². The number of hydrogen-bond acceptors (Lipinski definition) is 1. The highest BCUT2D eigenvalue weighted by atomic mass is 127. The lowest BCUT2D eigenvalue weighted by atomic mass is 9.52. The molecule has 0 bridgehead atoms. The highest BCUT2D eigenvalue weighted by Gasteiger charge is 2.52. The van der Waals surface area contributed by atoms with Crippen molar-refractivity contribution in [2.24, 2.45) is 5.41 Å². The minimum absolute atomic E-state index is 0.474. The van der Waals surface area contributed by atoms with Gasteiger partial charge >= 0.3 is 0 Å². The molecule has 1 aliphatic rings. The van der Waals surface area contributed by atoms with E-state index in [9.17, 15) is 0 Å². The number of hydrogen-bond donors (Lipinski definition) is 1. The molecule has 2 unspecified atom stereocenters. The average Bonchev–Trinajstić information content (AvgIpc) is 2.41. The van der Waals surface area contributed by atoms with Gasteiger partial charge in [0.25, 0.3) is 0 Å². The molecule has 1 nitrogen and oxygen atoms in total. The highest BCUT2D eigenvalue weighted by Crippen LogP contribution is 2.57. The van der Waals surface area contributed by atoms with Gasteiger partial charge in [0.15, 0.2) is 0 Å². The maximum absolute atomic E-state index is 3.77. The zero-order valence-electron chi connectivity index (χ0n) is 12.4. The third-order valence-corrected chi connectivity index (χ3v) is 5.81. The normalized spacial score (nSPS) is 25.1. The maximum Gasteiger partial charge on any atom is 0.0135 e. The van der Waals surface area contributed by atoms with Crippen LogP contribution in [0.1, 0.15) is 57.9 Å². The van der Waals surface area contributed by atoms with Crippen LogP contribution in [-0.2, 0) is 0 Å². The molecule has 1 saturated carbocycles. The molecule has 0 heterocycles. The summed E-state index contributed by atoms with van der Waals surface area (Å²) in [7, 11) is 0. The molecule has 0 spiro atoms. The summed E-state index contributed by atoms with van der Waals surface area (Å²) in [6.07, 6.45) is 5.10. The van der Waals surface area contributed by atoms with E-state index in [1.165, 1.54) is 29.3 Å². The summed E-state index contributed by atoms with van der Waals surface area (Å²) >= 11 is 2.39. The third-order valence-electron chi connectivity index (χ3n) is 5.09. The molecule has 2 atom stereocenters. The average molecular weight is 371 g/mol. The van der Waals surface area contributed by atoms with Crippen LogP contribution in [0.3, 0.4) is 0 Å². The van der Waals surface area contributed by atoms with Crippen molar-refractivity contribution in [1.29, 1.82) is 0 Å². The Balaban J connectivity index is 2.16. The van der Waals surface area contributed by atoms with E-state index >= 15 is 0 Å². The Kier molecular flexibility index (Phi) is 5.29. The summed E-state index contributed by atoms with van der Waals surface area (Å²) in [5, 5.41) is 3.77. The van der Waals surface area contributed by atoms with E-state index in [1.54, 1.807) is 5.56 Å². The van der Waals surface area contributed by atoms with Gasteiger partial charge in [-0.15, -0.1) is 0 Å². The van der Waals surface area contributed by atoms with Crippen molar-refractivity contribution in [2.75, 3.05) is 6.54 Å². The Labute approximate surface area is 131 Å². The topological polar surface area (TPSA) is 12.0 Å². The van der Waals surface area contributed by atoms with E-state index in [-0.39, 0.29) is 0 Å². The lowest BCUT2D eigenvalue weighted by molar-refractivity contribution is 0.0202. The molecule has 1 aromatic rings. The van der Waals surface area contributed by atoms with Crippen LogP contribution in [0, 0.1) is 8.99 Å². The first kappa shape index (κ1) is 15.3. The summed E-state index contributed by atoms with van der Waals surface area (Å²) in [6.45, 7) is 8.14. The molecule has 0 radical (unpaired) electrons. The zero-order chi connectivity index (χ0) is 13.9. The van der Waals surface area contributed by atoms with Crippen LogP contribution >= 0.6 is 22.6 Å². The second-order valence-corrected chi connectivity index (χ2v) is 7.03. The molecule has 0 aliphatic heterocycles. The van der Waals surface area contributed by atoms with Gasteiger partial charge in [-0.05, 0) is 83.8 Å². The lowest BCUT2D eigenvalue weighted by Gasteiger charge is -2.57. The van der Waals surface area contributed by atoms with E-state index in [2.05, 4.69) is 72.9 Å². The van der Waals surface area contributed by atoms with Crippen molar-refractivity contribution >= 4 is 22.6 Å². The molecular formula is C17H26IN. The smallest absolute Gasteiger partial charge is 0.0135 e. The molecule has 19 heavy (non-hydrogen) atoms. The molecular weight excluding hydrogens is 345 g/mol. The van der Waals surface area contributed by atoms with Crippen molar-refractivity contribution in [3.8, 4) is 0 Å². The van der Waals surface area contributed by atoms with Crippen LogP contribution < -0.4 is 5.32 Å². The van der Waals surface area contributed by atoms with E-state index in [4.69, 9.17) is 0 Å². The van der Waals surface area contributed by atoms with Gasteiger partial charge in [0.05, 0.1) is 0 Å². The van der Waals surface area contributed by atoms with Crippen molar-refractivity contribution in [1.82, 2.24) is 5.32 Å². The van der Waals surface area contributed by atoms with Gasteiger partial charge < -0.3 is 5.32 Å². The van der Waals surface area contributed by atoms with Crippen LogP contribution in [0.5, 0.6) is 0 Å². The minimum atomic E-state index is 0.474. The van der Waals surface area contributed by atoms with Gasteiger partial charge in [0.1, 0.15) is 0 Å². The van der Waals surface area contributed by atoms with E-state index in [1.807, 2.05) is 0 Å². The van der Waals surface area contributed by atoms with Gasteiger partial charge in [-0.2, -0.15) is 0 Å². The standard InChI is InChI=1S/C17H26IN/c1-4-11-19-16-12-15(17(16,5-2)6-3)13-7-9-14(18)10-8-13/h7-10,15-16,19H,4-6,11-12H2,1-3H3. The van der Waals surface area contributed by atoms with E-state index < -0.39 is 0 Å². The largest absolute Gasteiger partial charge is 0.313 e. The summed E-state index contributed by atoms with van der Waals surface area (Å²) in [5.41, 5.74) is 2.01. The molecule has 1 N–H and O–H groups in total. The highest BCUT2D eigenvalue weighted by molar-refractivity contribution is 14.1. The quantitative estimate of drug-likeness (QED) is 0.698. The summed E-state index contributed by atoms with van der Waals surface area (Å²) in [6, 6.07) is 9.88. The molecule has 0 aromatic heterocycles. The molecule has 0 saturated heterocycles. The van der Waals surface area contributed by atoms with Gasteiger partial charge in [0.2, 0.25) is 0 Å². The number of halogens is 1. The second-order valence-electron chi connectivity index (χ2n) is 5.79. The summed E-state index contributed by atoms with van der Waals surface area (Å²) < 4.78 is 1.33. The summed E-state index contributed by atoms with van der Waals surface area (Å²) in [4.78, 5) is 0. The molecule has 2 rings (SSSR count).